The van der Waals surface area contributed by atoms with Gasteiger partial charge < -0.3 is 4.74 Å². The molecule has 3 nitrogen and oxygen atoms in total. The minimum atomic E-state index is -0.858. The second-order valence-corrected chi connectivity index (χ2v) is 6.72. The Hall–Kier alpha value is -2.68. The van der Waals surface area contributed by atoms with E-state index in [1.807, 2.05) is 48.5 Å². The standard InChI is InChI=1S/C22H21NO2/c24-21-22(19-14-8-3-9-15-19,16-17-10-4-1-5-11-17)23-20(25-21)18-12-6-2-7-13-18/h1-2,4-8,10-14,19H,3,9,15-16H2/t19-,22-/m0/s1. The van der Waals surface area contributed by atoms with Gasteiger partial charge in [-0.2, -0.15) is 0 Å². The number of carbonyl (C=O) groups excluding carboxylic acids is 1. The smallest absolute Gasteiger partial charge is 0.341 e. The zero-order valence-electron chi connectivity index (χ0n) is 14.1. The van der Waals surface area contributed by atoms with Crippen LogP contribution >= 0.6 is 0 Å². The van der Waals surface area contributed by atoms with Crippen molar-refractivity contribution in [3.05, 3.63) is 83.9 Å². The van der Waals surface area contributed by atoms with Gasteiger partial charge >= 0.3 is 5.97 Å². The summed E-state index contributed by atoms with van der Waals surface area (Å²) < 4.78 is 5.67. The van der Waals surface area contributed by atoms with E-state index in [4.69, 9.17) is 9.73 Å². The lowest BCUT2D eigenvalue weighted by Gasteiger charge is -2.31. The third-order valence-electron chi connectivity index (χ3n) is 5.05. The summed E-state index contributed by atoms with van der Waals surface area (Å²) in [5, 5.41) is 0. The Kier molecular flexibility index (Phi) is 4.22. The van der Waals surface area contributed by atoms with Crippen LogP contribution < -0.4 is 0 Å². The van der Waals surface area contributed by atoms with E-state index >= 15 is 0 Å². The van der Waals surface area contributed by atoms with Crippen molar-refractivity contribution in [1.29, 1.82) is 0 Å². The fraction of sp³-hybridized carbons (Fsp3) is 0.273. The summed E-state index contributed by atoms with van der Waals surface area (Å²) in [7, 11) is 0. The predicted molar refractivity (Wildman–Crippen MR) is 98.4 cm³/mol. The van der Waals surface area contributed by atoms with Crippen molar-refractivity contribution in [1.82, 2.24) is 0 Å². The lowest BCUT2D eigenvalue weighted by atomic mass is 9.75. The van der Waals surface area contributed by atoms with Crippen LogP contribution in [0.2, 0.25) is 0 Å². The topological polar surface area (TPSA) is 38.7 Å². The summed E-state index contributed by atoms with van der Waals surface area (Å²) in [5.41, 5.74) is 1.10. The highest BCUT2D eigenvalue weighted by molar-refractivity contribution is 6.08. The Morgan fingerprint density at radius 3 is 2.44 bits per heavy atom. The number of esters is 1. The predicted octanol–water partition coefficient (Wildman–Crippen LogP) is 4.33. The maximum atomic E-state index is 13.0. The normalized spacial score (nSPS) is 25.5. The van der Waals surface area contributed by atoms with Gasteiger partial charge in [0.2, 0.25) is 5.90 Å². The Bertz CT molecular complexity index is 810. The van der Waals surface area contributed by atoms with Crippen molar-refractivity contribution < 1.29 is 9.53 Å². The van der Waals surface area contributed by atoms with E-state index in [0.29, 0.717) is 12.3 Å². The maximum absolute atomic E-state index is 13.0. The number of allylic oxidation sites excluding steroid dienone is 1. The lowest BCUT2D eigenvalue weighted by molar-refractivity contribution is -0.140. The first-order chi connectivity index (χ1) is 12.3. The minimum Gasteiger partial charge on any atom is -0.405 e. The summed E-state index contributed by atoms with van der Waals surface area (Å²) in [6, 6.07) is 19.8. The number of carbonyl (C=O) groups is 1. The molecule has 0 N–H and O–H groups in total. The van der Waals surface area contributed by atoms with Crippen LogP contribution in [0.1, 0.15) is 30.4 Å². The second-order valence-electron chi connectivity index (χ2n) is 6.72. The molecular weight excluding hydrogens is 310 g/mol. The van der Waals surface area contributed by atoms with Crippen LogP contribution in [0.4, 0.5) is 0 Å². The van der Waals surface area contributed by atoms with Crippen LogP contribution in [0, 0.1) is 5.92 Å². The Labute approximate surface area is 148 Å². The number of benzene rings is 2. The summed E-state index contributed by atoms with van der Waals surface area (Å²) in [5.74, 6) is 0.294. The third kappa shape index (κ3) is 3.02. The molecule has 2 atom stereocenters. The van der Waals surface area contributed by atoms with E-state index in [1.54, 1.807) is 0 Å². The first-order valence-electron chi connectivity index (χ1n) is 8.86. The van der Waals surface area contributed by atoms with E-state index in [9.17, 15) is 4.79 Å². The molecule has 1 heterocycles. The number of ether oxygens (including phenoxy) is 1. The average molecular weight is 331 g/mol. The highest BCUT2D eigenvalue weighted by Crippen LogP contribution is 2.39. The molecule has 126 valence electrons. The zero-order valence-corrected chi connectivity index (χ0v) is 14.1. The third-order valence-corrected chi connectivity index (χ3v) is 5.05. The largest absolute Gasteiger partial charge is 0.405 e. The Balaban J connectivity index is 1.77. The molecule has 2 aliphatic rings. The molecule has 0 bridgehead atoms. The van der Waals surface area contributed by atoms with Crippen LogP contribution in [0.5, 0.6) is 0 Å². The number of aliphatic imine (C=N–C) groups is 1. The Morgan fingerprint density at radius 1 is 1.04 bits per heavy atom. The molecule has 0 spiro atoms. The van der Waals surface area contributed by atoms with Crippen molar-refractivity contribution in [2.24, 2.45) is 10.9 Å². The van der Waals surface area contributed by atoms with Crippen molar-refractivity contribution in [3.8, 4) is 0 Å². The number of nitrogens with zero attached hydrogens (tertiary/aromatic N) is 1. The number of cyclic esters (lactones) is 1. The average Bonchev–Trinajstić information content (AvgIpc) is 3.01. The summed E-state index contributed by atoms with van der Waals surface area (Å²) >= 11 is 0. The molecule has 3 heteroatoms. The number of rotatable bonds is 4. The molecule has 4 rings (SSSR count). The van der Waals surface area contributed by atoms with Crippen LogP contribution in [0.3, 0.4) is 0 Å². The molecule has 2 aromatic carbocycles. The van der Waals surface area contributed by atoms with Gasteiger partial charge in [-0.25, -0.2) is 9.79 Å². The monoisotopic (exact) mass is 331 g/mol. The zero-order chi connectivity index (χ0) is 17.1. The molecule has 1 aliphatic heterocycles. The van der Waals surface area contributed by atoms with Crippen LogP contribution in [-0.4, -0.2) is 17.4 Å². The fourth-order valence-electron chi connectivity index (χ4n) is 3.72. The van der Waals surface area contributed by atoms with Gasteiger partial charge in [-0.3, -0.25) is 0 Å². The molecular formula is C22H21NO2. The van der Waals surface area contributed by atoms with E-state index in [0.717, 1.165) is 30.4 Å². The molecule has 0 amide bonds. The second kappa shape index (κ2) is 6.67. The van der Waals surface area contributed by atoms with E-state index < -0.39 is 5.54 Å². The highest BCUT2D eigenvalue weighted by atomic mass is 16.6. The van der Waals surface area contributed by atoms with Gasteiger partial charge in [0, 0.05) is 17.9 Å². The molecule has 0 radical (unpaired) electrons. The number of hydrogen-bond donors (Lipinski definition) is 0. The summed E-state index contributed by atoms with van der Waals surface area (Å²) in [6.45, 7) is 0. The quantitative estimate of drug-likeness (QED) is 0.618. The maximum Gasteiger partial charge on any atom is 0.341 e. The SMILES string of the molecule is O=C1OC(c2ccccc2)=N[C@@]1(Cc1ccccc1)[C@H]1C=CCCC1. The fourth-order valence-corrected chi connectivity index (χ4v) is 3.72. The van der Waals surface area contributed by atoms with Gasteiger partial charge in [-0.15, -0.1) is 0 Å². The van der Waals surface area contributed by atoms with Crippen LogP contribution in [0.25, 0.3) is 0 Å². The van der Waals surface area contributed by atoms with Gasteiger partial charge in [0.05, 0.1) is 0 Å². The van der Waals surface area contributed by atoms with Crippen molar-refractivity contribution >= 4 is 11.9 Å². The first-order valence-corrected chi connectivity index (χ1v) is 8.86. The van der Waals surface area contributed by atoms with Gasteiger partial charge in [0.15, 0.2) is 5.54 Å². The van der Waals surface area contributed by atoms with Gasteiger partial charge in [0.1, 0.15) is 0 Å². The number of hydrogen-bond acceptors (Lipinski definition) is 3. The molecule has 0 saturated heterocycles. The Morgan fingerprint density at radius 2 is 1.76 bits per heavy atom. The van der Waals surface area contributed by atoms with Crippen molar-refractivity contribution in [2.75, 3.05) is 0 Å². The molecule has 0 saturated carbocycles. The van der Waals surface area contributed by atoms with Crippen molar-refractivity contribution in [2.45, 2.75) is 31.2 Å². The summed E-state index contributed by atoms with van der Waals surface area (Å²) in [4.78, 5) is 17.9. The van der Waals surface area contributed by atoms with E-state index in [-0.39, 0.29) is 11.9 Å². The molecule has 1 aliphatic carbocycles. The first kappa shape index (κ1) is 15.8. The van der Waals surface area contributed by atoms with Gasteiger partial charge in [-0.05, 0) is 37.0 Å². The molecule has 2 aromatic rings. The van der Waals surface area contributed by atoms with E-state index in [1.165, 1.54) is 0 Å². The molecule has 25 heavy (non-hydrogen) atoms. The minimum absolute atomic E-state index is 0.0789. The van der Waals surface area contributed by atoms with Crippen LogP contribution in [-0.2, 0) is 16.0 Å². The molecule has 0 unspecified atom stereocenters. The van der Waals surface area contributed by atoms with Gasteiger partial charge in [0.25, 0.3) is 0 Å². The molecule has 0 aromatic heterocycles. The van der Waals surface area contributed by atoms with Gasteiger partial charge in [-0.1, -0.05) is 60.7 Å². The highest BCUT2D eigenvalue weighted by Gasteiger charge is 2.51. The lowest BCUT2D eigenvalue weighted by Crippen LogP contribution is -2.44. The summed E-state index contributed by atoms with van der Waals surface area (Å²) in [6.07, 6.45) is 8.01. The van der Waals surface area contributed by atoms with Crippen molar-refractivity contribution in [3.63, 3.8) is 0 Å². The molecule has 0 fully saturated rings. The van der Waals surface area contributed by atoms with E-state index in [2.05, 4.69) is 24.3 Å². The van der Waals surface area contributed by atoms with Crippen LogP contribution in [0.15, 0.2) is 77.8 Å².